The van der Waals surface area contributed by atoms with E-state index in [1.807, 2.05) is 23.1 Å². The molecule has 2 N–H and O–H groups in total. The maximum Gasteiger partial charge on any atom is 0.224 e. The third-order valence-electron chi connectivity index (χ3n) is 5.51. The van der Waals surface area contributed by atoms with Crippen molar-refractivity contribution in [2.75, 3.05) is 50.7 Å². The van der Waals surface area contributed by atoms with Crippen LogP contribution in [0, 0.1) is 5.92 Å². The number of hydrogen-bond donors (Lipinski definition) is 2. The first-order valence-electron chi connectivity index (χ1n) is 10.1. The van der Waals surface area contributed by atoms with Crippen molar-refractivity contribution in [3.05, 3.63) is 24.4 Å². The number of piperazine rings is 1. The highest BCUT2D eigenvalue weighted by molar-refractivity contribution is 5.85. The molecule has 0 unspecified atom stereocenters. The minimum Gasteiger partial charge on any atom is -0.356 e. The smallest absolute Gasteiger partial charge is 0.224 e. The lowest BCUT2D eigenvalue weighted by Crippen LogP contribution is -2.49. The van der Waals surface area contributed by atoms with Crippen LogP contribution in [0.4, 0.5) is 5.82 Å². The van der Waals surface area contributed by atoms with Crippen LogP contribution >= 0.6 is 24.8 Å². The largest absolute Gasteiger partial charge is 0.356 e. The van der Waals surface area contributed by atoms with Gasteiger partial charge in [0.15, 0.2) is 0 Å². The molecule has 2 fully saturated rings. The molecule has 0 bridgehead atoms. The zero-order valence-electron chi connectivity index (χ0n) is 16.8. The minimum absolute atomic E-state index is 0. The highest BCUT2D eigenvalue weighted by Gasteiger charge is 2.21. The summed E-state index contributed by atoms with van der Waals surface area (Å²) in [6, 6.07) is 5.88. The van der Waals surface area contributed by atoms with Gasteiger partial charge in [0, 0.05) is 51.8 Å². The van der Waals surface area contributed by atoms with Crippen LogP contribution < -0.4 is 15.5 Å². The SMILES string of the molecule is Cl.Cl.O=C(CCC1CCNCC1)NCCC(=O)N1CCN(c2ccccn2)CC1. The van der Waals surface area contributed by atoms with Gasteiger partial charge in [-0.2, -0.15) is 0 Å². The maximum atomic E-state index is 12.4. The number of amides is 2. The summed E-state index contributed by atoms with van der Waals surface area (Å²) in [6.07, 6.45) is 6.02. The van der Waals surface area contributed by atoms with Crippen molar-refractivity contribution in [3.63, 3.8) is 0 Å². The number of carbonyl (C=O) groups excluding carboxylic acids is 2. The van der Waals surface area contributed by atoms with Crippen LogP contribution in [0.3, 0.4) is 0 Å². The van der Waals surface area contributed by atoms with E-state index in [1.165, 1.54) is 0 Å². The summed E-state index contributed by atoms with van der Waals surface area (Å²) in [7, 11) is 0. The summed E-state index contributed by atoms with van der Waals surface area (Å²) < 4.78 is 0. The van der Waals surface area contributed by atoms with Gasteiger partial charge in [0.05, 0.1) is 0 Å². The number of nitrogens with one attached hydrogen (secondary N) is 2. The Balaban J connectivity index is 0.00000210. The van der Waals surface area contributed by atoms with Gasteiger partial charge in [-0.1, -0.05) is 6.07 Å². The van der Waals surface area contributed by atoms with Gasteiger partial charge < -0.3 is 20.4 Å². The Labute approximate surface area is 185 Å². The Morgan fingerprint density at radius 1 is 1.07 bits per heavy atom. The van der Waals surface area contributed by atoms with E-state index in [1.54, 1.807) is 6.20 Å². The van der Waals surface area contributed by atoms with Gasteiger partial charge >= 0.3 is 0 Å². The molecular weight excluding hydrogens is 413 g/mol. The molecule has 1 aromatic rings. The molecule has 2 aliphatic heterocycles. The summed E-state index contributed by atoms with van der Waals surface area (Å²) in [5.41, 5.74) is 0. The van der Waals surface area contributed by atoms with Crippen molar-refractivity contribution < 1.29 is 9.59 Å². The Morgan fingerprint density at radius 3 is 2.45 bits per heavy atom. The normalized spacial score (nSPS) is 17.1. The van der Waals surface area contributed by atoms with E-state index in [-0.39, 0.29) is 36.6 Å². The molecule has 0 aliphatic carbocycles. The number of pyridine rings is 1. The van der Waals surface area contributed by atoms with Crippen LogP contribution in [0.2, 0.25) is 0 Å². The topological polar surface area (TPSA) is 77.6 Å². The molecule has 164 valence electrons. The second-order valence-electron chi connectivity index (χ2n) is 7.39. The summed E-state index contributed by atoms with van der Waals surface area (Å²) >= 11 is 0. The van der Waals surface area contributed by atoms with Gasteiger partial charge in [0.2, 0.25) is 11.8 Å². The zero-order chi connectivity index (χ0) is 18.9. The maximum absolute atomic E-state index is 12.4. The van der Waals surface area contributed by atoms with E-state index >= 15 is 0 Å². The van der Waals surface area contributed by atoms with E-state index in [0.29, 0.717) is 38.4 Å². The highest BCUT2D eigenvalue weighted by atomic mass is 35.5. The Bertz CT molecular complexity index is 606. The van der Waals surface area contributed by atoms with E-state index in [4.69, 9.17) is 0 Å². The summed E-state index contributed by atoms with van der Waals surface area (Å²) in [5, 5.41) is 6.25. The number of aromatic nitrogens is 1. The summed E-state index contributed by atoms with van der Waals surface area (Å²) in [6.45, 7) is 5.57. The van der Waals surface area contributed by atoms with Crippen molar-refractivity contribution in [3.8, 4) is 0 Å². The molecule has 0 atom stereocenters. The lowest BCUT2D eigenvalue weighted by molar-refractivity contribution is -0.131. The first kappa shape index (κ1) is 25.5. The summed E-state index contributed by atoms with van der Waals surface area (Å²) in [5.74, 6) is 1.82. The molecule has 2 amide bonds. The fraction of sp³-hybridized carbons (Fsp3) is 0.650. The van der Waals surface area contributed by atoms with Crippen LogP contribution in [0.1, 0.15) is 32.1 Å². The van der Waals surface area contributed by atoms with Crippen molar-refractivity contribution in [1.29, 1.82) is 0 Å². The Hall–Kier alpha value is -1.57. The molecule has 0 aromatic carbocycles. The summed E-state index contributed by atoms with van der Waals surface area (Å²) in [4.78, 5) is 32.8. The van der Waals surface area contributed by atoms with Gasteiger partial charge in [-0.3, -0.25) is 9.59 Å². The van der Waals surface area contributed by atoms with E-state index in [2.05, 4.69) is 20.5 Å². The van der Waals surface area contributed by atoms with Gasteiger partial charge in [-0.15, -0.1) is 24.8 Å². The van der Waals surface area contributed by atoms with Gasteiger partial charge in [0.1, 0.15) is 5.82 Å². The van der Waals surface area contributed by atoms with Gasteiger partial charge in [-0.25, -0.2) is 4.98 Å². The minimum atomic E-state index is 0. The molecule has 2 saturated heterocycles. The van der Waals surface area contributed by atoms with Crippen LogP contribution in [-0.2, 0) is 9.59 Å². The fourth-order valence-electron chi connectivity index (χ4n) is 3.79. The van der Waals surface area contributed by atoms with E-state index in [0.717, 1.165) is 51.3 Å². The quantitative estimate of drug-likeness (QED) is 0.669. The molecule has 1 aromatic heterocycles. The number of carbonyl (C=O) groups is 2. The Kier molecular flexibility index (Phi) is 12.0. The number of nitrogens with zero attached hydrogens (tertiary/aromatic N) is 3. The second kappa shape index (κ2) is 13.6. The van der Waals surface area contributed by atoms with Crippen molar-refractivity contribution in [2.45, 2.75) is 32.1 Å². The zero-order valence-corrected chi connectivity index (χ0v) is 18.5. The van der Waals surface area contributed by atoms with E-state index < -0.39 is 0 Å². The lowest BCUT2D eigenvalue weighted by atomic mass is 9.93. The predicted octanol–water partition coefficient (Wildman–Crippen LogP) is 1.86. The third kappa shape index (κ3) is 8.36. The van der Waals surface area contributed by atoms with Gasteiger partial charge in [-0.05, 0) is 50.4 Å². The molecule has 0 radical (unpaired) electrons. The molecule has 2 aliphatic rings. The highest BCUT2D eigenvalue weighted by Crippen LogP contribution is 2.17. The first-order chi connectivity index (χ1) is 13.2. The first-order valence-corrected chi connectivity index (χ1v) is 10.1. The van der Waals surface area contributed by atoms with Crippen molar-refractivity contribution in [1.82, 2.24) is 20.5 Å². The van der Waals surface area contributed by atoms with Crippen LogP contribution in [0.15, 0.2) is 24.4 Å². The van der Waals surface area contributed by atoms with Crippen LogP contribution in [0.25, 0.3) is 0 Å². The van der Waals surface area contributed by atoms with Gasteiger partial charge in [0.25, 0.3) is 0 Å². The van der Waals surface area contributed by atoms with Crippen molar-refractivity contribution in [2.24, 2.45) is 5.92 Å². The molecule has 3 rings (SSSR count). The molecule has 9 heteroatoms. The monoisotopic (exact) mass is 445 g/mol. The molecule has 29 heavy (non-hydrogen) atoms. The average molecular weight is 446 g/mol. The van der Waals surface area contributed by atoms with Crippen LogP contribution in [0.5, 0.6) is 0 Å². The molecular formula is C20H33Cl2N5O2. The number of rotatable bonds is 7. The number of hydrogen-bond acceptors (Lipinski definition) is 5. The van der Waals surface area contributed by atoms with Crippen LogP contribution in [-0.4, -0.2) is 67.5 Å². The average Bonchev–Trinajstić information content (AvgIpc) is 2.74. The standard InChI is InChI=1S/C20H31N5O2.2ClH/c26-19(5-4-17-6-10-21-11-7-17)23-12-8-20(27)25-15-13-24(14-16-25)18-3-1-2-9-22-18;;/h1-3,9,17,21H,4-8,10-16H2,(H,23,26);2*1H. The number of halogens is 2. The number of piperidine rings is 1. The predicted molar refractivity (Wildman–Crippen MR) is 120 cm³/mol. The molecule has 0 spiro atoms. The molecule has 0 saturated carbocycles. The van der Waals surface area contributed by atoms with Crippen molar-refractivity contribution >= 4 is 42.4 Å². The Morgan fingerprint density at radius 2 is 1.79 bits per heavy atom. The fourth-order valence-corrected chi connectivity index (χ4v) is 3.79. The lowest BCUT2D eigenvalue weighted by Gasteiger charge is -2.35. The molecule has 7 nitrogen and oxygen atoms in total. The number of anilines is 1. The molecule has 3 heterocycles. The second-order valence-corrected chi connectivity index (χ2v) is 7.39. The van der Waals surface area contributed by atoms with E-state index in [9.17, 15) is 9.59 Å². The third-order valence-corrected chi connectivity index (χ3v) is 5.51.